The van der Waals surface area contributed by atoms with E-state index in [2.05, 4.69) is 0 Å². The normalized spacial score (nSPS) is 29.5. The highest BCUT2D eigenvalue weighted by atomic mass is 16.6. The molecule has 4 unspecified atom stereocenters. The molecule has 8 nitrogen and oxygen atoms in total. The summed E-state index contributed by atoms with van der Waals surface area (Å²) in [5, 5.41) is 48.5. The highest BCUT2D eigenvalue weighted by Gasteiger charge is 2.48. The topological polar surface area (TPSA) is 145 Å². The van der Waals surface area contributed by atoms with Crippen LogP contribution in [0.1, 0.15) is 25.3 Å². The number of phenols is 2. The zero-order valence-corrected chi connectivity index (χ0v) is 13.5. The Kier molecular flexibility index (Phi) is 5.46. The molecule has 8 heteroatoms. The first-order valence-electron chi connectivity index (χ1n) is 7.62. The summed E-state index contributed by atoms with van der Waals surface area (Å²) in [5.74, 6) is -2.11. The Morgan fingerprint density at radius 1 is 1.20 bits per heavy atom. The number of Topliss-reactive ketones (excluding diaryl/α,β-unsaturated/α-hetero) is 1. The van der Waals surface area contributed by atoms with Crippen LogP contribution in [0.5, 0.6) is 11.5 Å². The summed E-state index contributed by atoms with van der Waals surface area (Å²) in [6, 6.07) is 3.92. The minimum Gasteiger partial charge on any atom is -0.504 e. The van der Waals surface area contributed by atoms with E-state index in [9.17, 15) is 35.1 Å². The number of esters is 1. The van der Waals surface area contributed by atoms with Crippen LogP contribution in [0.3, 0.4) is 0 Å². The van der Waals surface area contributed by atoms with Gasteiger partial charge in [0, 0.05) is 18.9 Å². The molecule has 1 aliphatic rings. The third kappa shape index (κ3) is 4.36. The highest BCUT2D eigenvalue weighted by Crippen LogP contribution is 2.32. The van der Waals surface area contributed by atoms with Crippen molar-refractivity contribution in [2.45, 2.75) is 43.7 Å². The quantitative estimate of drug-likeness (QED) is 0.286. The molecule has 0 aliphatic heterocycles. The van der Waals surface area contributed by atoms with E-state index in [-0.39, 0.29) is 24.3 Å². The first-order valence-corrected chi connectivity index (χ1v) is 7.62. The van der Waals surface area contributed by atoms with Gasteiger partial charge in [-0.1, -0.05) is 6.07 Å². The van der Waals surface area contributed by atoms with Crippen LogP contribution in [0.25, 0.3) is 6.08 Å². The van der Waals surface area contributed by atoms with E-state index in [1.165, 1.54) is 24.3 Å². The maximum atomic E-state index is 11.9. The number of hydrogen-bond acceptors (Lipinski definition) is 8. The van der Waals surface area contributed by atoms with Gasteiger partial charge in [0.2, 0.25) is 0 Å². The smallest absolute Gasteiger partial charge is 0.331 e. The number of ketones is 1. The number of ether oxygens (including phenoxy) is 1. The van der Waals surface area contributed by atoms with Crippen molar-refractivity contribution < 1.29 is 39.9 Å². The molecule has 0 aromatic heterocycles. The molecular formula is C17H20O8. The van der Waals surface area contributed by atoms with Crippen LogP contribution in [0, 0.1) is 0 Å². The molecule has 1 aromatic rings. The van der Waals surface area contributed by atoms with Gasteiger partial charge >= 0.3 is 5.97 Å². The Labute approximate surface area is 143 Å². The number of benzene rings is 1. The van der Waals surface area contributed by atoms with Crippen molar-refractivity contribution in [1.29, 1.82) is 0 Å². The number of carbonyl (C=O) groups excluding carboxylic acids is 2. The Morgan fingerprint density at radius 2 is 1.88 bits per heavy atom. The van der Waals surface area contributed by atoms with Gasteiger partial charge in [0.1, 0.15) is 17.8 Å². The van der Waals surface area contributed by atoms with Crippen LogP contribution in [0.15, 0.2) is 24.3 Å². The fraction of sp³-hybridized carbons (Fsp3) is 0.412. The molecule has 5 N–H and O–H groups in total. The van der Waals surface area contributed by atoms with Gasteiger partial charge in [-0.25, -0.2) is 4.79 Å². The minimum absolute atomic E-state index is 0.303. The van der Waals surface area contributed by atoms with Crippen molar-refractivity contribution in [2.75, 3.05) is 0 Å². The Hall–Kier alpha value is -2.42. The predicted octanol–water partition coefficient (Wildman–Crippen LogP) is -0.142. The Morgan fingerprint density at radius 3 is 2.48 bits per heavy atom. The lowest BCUT2D eigenvalue weighted by Gasteiger charge is -2.40. The lowest BCUT2D eigenvalue weighted by molar-refractivity contribution is -0.185. The molecular weight excluding hydrogens is 332 g/mol. The lowest BCUT2D eigenvalue weighted by atomic mass is 9.77. The van der Waals surface area contributed by atoms with Crippen LogP contribution < -0.4 is 0 Å². The molecule has 25 heavy (non-hydrogen) atoms. The molecule has 1 aliphatic carbocycles. The van der Waals surface area contributed by atoms with Gasteiger partial charge in [0.25, 0.3) is 0 Å². The van der Waals surface area contributed by atoms with Gasteiger partial charge in [0.05, 0.1) is 6.10 Å². The van der Waals surface area contributed by atoms with Crippen LogP contribution in [0.2, 0.25) is 0 Å². The highest BCUT2D eigenvalue weighted by molar-refractivity contribution is 5.88. The van der Waals surface area contributed by atoms with Gasteiger partial charge in [0.15, 0.2) is 17.3 Å². The second-order valence-electron chi connectivity index (χ2n) is 6.11. The Bertz CT molecular complexity index is 698. The van der Waals surface area contributed by atoms with Gasteiger partial charge in [-0.2, -0.15) is 0 Å². The van der Waals surface area contributed by atoms with E-state index in [1.807, 2.05) is 0 Å². The van der Waals surface area contributed by atoms with Crippen molar-refractivity contribution in [2.24, 2.45) is 0 Å². The average Bonchev–Trinajstić information content (AvgIpc) is 2.53. The molecule has 1 fully saturated rings. The van der Waals surface area contributed by atoms with Crippen molar-refractivity contribution in [3.05, 3.63) is 29.8 Å². The van der Waals surface area contributed by atoms with Gasteiger partial charge in [-0.15, -0.1) is 0 Å². The third-order valence-corrected chi connectivity index (χ3v) is 4.20. The SMILES string of the molecule is CC(=O)C1(O)CC(O)C(O)C(OC(=O)/C=C/c2ccc(O)c(O)c2)C1. The zero-order valence-electron chi connectivity index (χ0n) is 13.5. The number of aliphatic hydroxyl groups excluding tert-OH is 2. The maximum Gasteiger partial charge on any atom is 0.331 e. The molecule has 0 spiro atoms. The van der Waals surface area contributed by atoms with E-state index >= 15 is 0 Å². The van der Waals surface area contributed by atoms with E-state index in [1.54, 1.807) is 0 Å². The predicted molar refractivity (Wildman–Crippen MR) is 85.6 cm³/mol. The summed E-state index contributed by atoms with van der Waals surface area (Å²) in [7, 11) is 0. The molecule has 1 aromatic carbocycles. The van der Waals surface area contributed by atoms with Crippen LogP contribution >= 0.6 is 0 Å². The molecule has 0 heterocycles. The zero-order chi connectivity index (χ0) is 18.8. The Balaban J connectivity index is 2.06. The number of carbonyl (C=O) groups is 2. The minimum atomic E-state index is -1.87. The molecule has 0 radical (unpaired) electrons. The number of rotatable bonds is 4. The molecule has 2 rings (SSSR count). The molecule has 136 valence electrons. The van der Waals surface area contributed by atoms with Gasteiger partial charge in [-0.3, -0.25) is 4.79 Å². The van der Waals surface area contributed by atoms with Crippen molar-refractivity contribution >= 4 is 17.8 Å². The monoisotopic (exact) mass is 352 g/mol. The fourth-order valence-corrected chi connectivity index (χ4v) is 2.65. The first-order chi connectivity index (χ1) is 11.6. The van der Waals surface area contributed by atoms with Gasteiger partial charge in [-0.05, 0) is 30.7 Å². The number of aliphatic hydroxyl groups is 3. The standard InChI is InChI=1S/C17H20O8/c1-9(18)17(24)7-13(21)16(23)14(8-17)25-15(22)5-3-10-2-4-11(19)12(20)6-10/h2-6,13-14,16,19-21,23-24H,7-8H2,1H3/b5-3+. The largest absolute Gasteiger partial charge is 0.504 e. The first kappa shape index (κ1) is 18.9. The van der Waals surface area contributed by atoms with E-state index < -0.39 is 35.7 Å². The number of hydrogen-bond donors (Lipinski definition) is 5. The number of aromatic hydroxyl groups is 2. The summed E-state index contributed by atoms with van der Waals surface area (Å²) in [6.45, 7) is 1.15. The van der Waals surface area contributed by atoms with E-state index in [4.69, 9.17) is 4.74 Å². The van der Waals surface area contributed by atoms with Crippen molar-refractivity contribution in [3.8, 4) is 11.5 Å². The molecule has 0 amide bonds. The summed E-state index contributed by atoms with van der Waals surface area (Å²) >= 11 is 0. The molecule has 0 bridgehead atoms. The summed E-state index contributed by atoms with van der Waals surface area (Å²) < 4.78 is 5.04. The maximum absolute atomic E-state index is 11.9. The van der Waals surface area contributed by atoms with E-state index in [0.29, 0.717) is 5.56 Å². The molecule has 1 saturated carbocycles. The lowest BCUT2D eigenvalue weighted by Crippen LogP contribution is -2.56. The van der Waals surface area contributed by atoms with E-state index in [0.717, 1.165) is 13.0 Å². The summed E-state index contributed by atoms with van der Waals surface area (Å²) in [4.78, 5) is 23.4. The average molecular weight is 352 g/mol. The second-order valence-corrected chi connectivity index (χ2v) is 6.11. The summed E-state index contributed by atoms with van der Waals surface area (Å²) in [5.41, 5.74) is -1.45. The van der Waals surface area contributed by atoms with Crippen molar-refractivity contribution in [3.63, 3.8) is 0 Å². The van der Waals surface area contributed by atoms with Crippen LogP contribution in [-0.2, 0) is 14.3 Å². The molecule has 0 saturated heterocycles. The second kappa shape index (κ2) is 7.22. The van der Waals surface area contributed by atoms with Crippen molar-refractivity contribution in [1.82, 2.24) is 0 Å². The molecule has 4 atom stereocenters. The van der Waals surface area contributed by atoms with Gasteiger partial charge < -0.3 is 30.3 Å². The van der Waals surface area contributed by atoms with Crippen LogP contribution in [0.4, 0.5) is 0 Å². The summed E-state index contributed by atoms with van der Waals surface area (Å²) in [6.07, 6.45) is -2.40. The van der Waals surface area contributed by atoms with Crippen LogP contribution in [-0.4, -0.2) is 61.2 Å². The number of phenolic OH excluding ortho intramolecular Hbond substituents is 2. The third-order valence-electron chi connectivity index (χ3n) is 4.20. The fourth-order valence-electron chi connectivity index (χ4n) is 2.65.